The first-order valence-corrected chi connectivity index (χ1v) is 5.61. The third kappa shape index (κ3) is 2.19. The number of aromatic nitrogens is 3. The number of hydrogen-bond acceptors (Lipinski definition) is 5. The topological polar surface area (TPSA) is 75.6 Å². The van der Waals surface area contributed by atoms with Gasteiger partial charge in [-0.3, -0.25) is 4.98 Å². The monoisotopic (exact) mass is 248 g/mol. The van der Waals surface area contributed by atoms with E-state index in [0.29, 0.717) is 17.3 Å². The second-order valence-corrected chi connectivity index (χ2v) is 3.85. The highest BCUT2D eigenvalue weighted by atomic mass is 16.5. The molecule has 0 aliphatic carbocycles. The minimum atomic E-state index is 0.420. The normalized spacial score (nSPS) is 10.1. The first kappa shape index (κ1) is 11.1. The van der Waals surface area contributed by atoms with E-state index in [1.807, 2.05) is 12.1 Å². The van der Waals surface area contributed by atoms with Crippen molar-refractivity contribution in [3.63, 3.8) is 0 Å². The van der Waals surface area contributed by atoms with Gasteiger partial charge in [-0.1, -0.05) is 5.16 Å². The van der Waals surface area contributed by atoms with Gasteiger partial charge in [-0.05, 0) is 36.4 Å². The van der Waals surface area contributed by atoms with Gasteiger partial charge in [-0.15, -0.1) is 0 Å². The Labute approximate surface area is 109 Å². The van der Waals surface area contributed by atoms with Crippen molar-refractivity contribution in [1.29, 1.82) is 5.26 Å². The van der Waals surface area contributed by atoms with Gasteiger partial charge in [0.1, 0.15) is 0 Å². The van der Waals surface area contributed by atoms with Gasteiger partial charge in [0.2, 0.25) is 5.82 Å². The third-order valence-corrected chi connectivity index (χ3v) is 2.61. The van der Waals surface area contributed by atoms with Gasteiger partial charge in [0.05, 0.1) is 11.6 Å². The molecule has 0 unspecified atom stereocenters. The number of hydrogen-bond donors (Lipinski definition) is 0. The van der Waals surface area contributed by atoms with Crippen LogP contribution in [0.25, 0.3) is 22.8 Å². The zero-order valence-corrected chi connectivity index (χ0v) is 9.82. The summed E-state index contributed by atoms with van der Waals surface area (Å²) in [6.45, 7) is 0. The molecule has 0 N–H and O–H groups in total. The fraction of sp³-hybridized carbons (Fsp3) is 0. The summed E-state index contributed by atoms with van der Waals surface area (Å²) < 4.78 is 5.21. The maximum Gasteiger partial charge on any atom is 0.258 e. The van der Waals surface area contributed by atoms with E-state index in [2.05, 4.69) is 21.2 Å². The van der Waals surface area contributed by atoms with Crippen LogP contribution in [-0.2, 0) is 0 Å². The van der Waals surface area contributed by atoms with Gasteiger partial charge in [0.25, 0.3) is 5.89 Å². The van der Waals surface area contributed by atoms with Crippen molar-refractivity contribution in [3.8, 4) is 28.9 Å². The fourth-order valence-electron chi connectivity index (χ4n) is 1.64. The third-order valence-electron chi connectivity index (χ3n) is 2.61. The first-order chi connectivity index (χ1) is 9.36. The number of benzene rings is 1. The Hall–Kier alpha value is -3.00. The van der Waals surface area contributed by atoms with Crippen LogP contribution in [0, 0.1) is 11.3 Å². The van der Waals surface area contributed by atoms with Crippen molar-refractivity contribution >= 4 is 0 Å². The Morgan fingerprint density at radius 1 is 1.05 bits per heavy atom. The van der Waals surface area contributed by atoms with Crippen LogP contribution >= 0.6 is 0 Å². The SMILES string of the molecule is N#Cc1ccc(-c2nc(-c3cccnc3)no2)cc1. The highest BCUT2D eigenvalue weighted by Gasteiger charge is 2.10. The van der Waals surface area contributed by atoms with Crippen molar-refractivity contribution in [2.75, 3.05) is 0 Å². The molecule has 0 saturated heterocycles. The molecule has 0 amide bonds. The number of rotatable bonds is 2. The summed E-state index contributed by atoms with van der Waals surface area (Å²) in [5, 5.41) is 12.7. The maximum atomic E-state index is 8.74. The summed E-state index contributed by atoms with van der Waals surface area (Å²) in [6.07, 6.45) is 3.36. The lowest BCUT2D eigenvalue weighted by Gasteiger charge is -1.93. The van der Waals surface area contributed by atoms with Gasteiger partial charge < -0.3 is 4.52 Å². The molecule has 0 radical (unpaired) electrons. The van der Waals surface area contributed by atoms with Crippen molar-refractivity contribution in [1.82, 2.24) is 15.1 Å². The Bertz CT molecular complexity index is 726. The second kappa shape index (κ2) is 4.70. The lowest BCUT2D eigenvalue weighted by molar-refractivity contribution is 0.432. The molecule has 3 rings (SSSR count). The number of nitriles is 1. The molecular weight excluding hydrogens is 240 g/mol. The Morgan fingerprint density at radius 3 is 2.58 bits per heavy atom. The van der Waals surface area contributed by atoms with E-state index >= 15 is 0 Å². The number of pyridine rings is 1. The zero-order chi connectivity index (χ0) is 13.1. The van der Waals surface area contributed by atoms with Crippen LogP contribution in [0.3, 0.4) is 0 Å². The molecule has 0 aliphatic rings. The van der Waals surface area contributed by atoms with E-state index < -0.39 is 0 Å². The van der Waals surface area contributed by atoms with Crippen LogP contribution in [0.15, 0.2) is 53.3 Å². The summed E-state index contributed by atoms with van der Waals surface area (Å²) in [6, 6.07) is 12.7. The number of nitrogens with zero attached hydrogens (tertiary/aromatic N) is 4. The molecule has 0 spiro atoms. The molecule has 3 aromatic rings. The van der Waals surface area contributed by atoms with Crippen LogP contribution in [0.1, 0.15) is 5.56 Å². The Balaban J connectivity index is 1.95. The van der Waals surface area contributed by atoms with E-state index in [1.165, 1.54) is 0 Å². The van der Waals surface area contributed by atoms with Crippen LogP contribution in [0.2, 0.25) is 0 Å². The van der Waals surface area contributed by atoms with E-state index in [1.54, 1.807) is 36.7 Å². The standard InChI is InChI=1S/C14H8N4O/c15-8-10-3-5-11(6-4-10)14-17-13(18-19-14)12-2-1-7-16-9-12/h1-7,9H. The van der Waals surface area contributed by atoms with Crippen molar-refractivity contribution in [2.24, 2.45) is 0 Å². The average Bonchev–Trinajstić information content (AvgIpc) is 2.98. The molecule has 5 heteroatoms. The van der Waals surface area contributed by atoms with Crippen LogP contribution in [-0.4, -0.2) is 15.1 Å². The summed E-state index contributed by atoms with van der Waals surface area (Å²) in [4.78, 5) is 8.31. The smallest absolute Gasteiger partial charge is 0.258 e. The van der Waals surface area contributed by atoms with E-state index in [4.69, 9.17) is 9.78 Å². The van der Waals surface area contributed by atoms with Gasteiger partial charge in [-0.25, -0.2) is 0 Å². The summed E-state index contributed by atoms with van der Waals surface area (Å²) in [7, 11) is 0. The zero-order valence-electron chi connectivity index (χ0n) is 9.82. The van der Waals surface area contributed by atoms with Crippen molar-refractivity contribution in [2.45, 2.75) is 0 Å². The predicted octanol–water partition coefficient (Wildman–Crippen LogP) is 2.67. The largest absolute Gasteiger partial charge is 0.334 e. The van der Waals surface area contributed by atoms with Crippen LogP contribution in [0.5, 0.6) is 0 Å². The van der Waals surface area contributed by atoms with Gasteiger partial charge in [-0.2, -0.15) is 10.2 Å². The molecule has 2 aromatic heterocycles. The molecular formula is C14H8N4O. The van der Waals surface area contributed by atoms with Crippen LogP contribution < -0.4 is 0 Å². The van der Waals surface area contributed by atoms with Crippen molar-refractivity contribution in [3.05, 3.63) is 54.4 Å². The highest BCUT2D eigenvalue weighted by Crippen LogP contribution is 2.21. The average molecular weight is 248 g/mol. The van der Waals surface area contributed by atoms with Crippen molar-refractivity contribution < 1.29 is 4.52 Å². The molecule has 2 heterocycles. The van der Waals surface area contributed by atoms with Gasteiger partial charge in [0.15, 0.2) is 0 Å². The molecule has 0 fully saturated rings. The molecule has 0 saturated carbocycles. The summed E-state index contributed by atoms with van der Waals surface area (Å²) in [5.74, 6) is 0.913. The minimum Gasteiger partial charge on any atom is -0.334 e. The predicted molar refractivity (Wildman–Crippen MR) is 67.7 cm³/mol. The second-order valence-electron chi connectivity index (χ2n) is 3.85. The molecule has 0 bridgehead atoms. The van der Waals surface area contributed by atoms with Gasteiger partial charge >= 0.3 is 0 Å². The summed E-state index contributed by atoms with van der Waals surface area (Å²) >= 11 is 0. The summed E-state index contributed by atoms with van der Waals surface area (Å²) in [5.41, 5.74) is 2.17. The van der Waals surface area contributed by atoms with Gasteiger partial charge in [0, 0.05) is 23.5 Å². The van der Waals surface area contributed by atoms with E-state index in [0.717, 1.165) is 11.1 Å². The highest BCUT2D eigenvalue weighted by molar-refractivity contribution is 5.59. The van der Waals surface area contributed by atoms with E-state index in [9.17, 15) is 0 Å². The molecule has 1 aromatic carbocycles. The molecule has 0 atom stereocenters. The lowest BCUT2D eigenvalue weighted by atomic mass is 10.1. The maximum absolute atomic E-state index is 8.74. The molecule has 5 nitrogen and oxygen atoms in total. The quantitative estimate of drug-likeness (QED) is 0.696. The first-order valence-electron chi connectivity index (χ1n) is 5.61. The molecule has 0 aliphatic heterocycles. The molecule has 19 heavy (non-hydrogen) atoms. The van der Waals surface area contributed by atoms with Crippen LogP contribution in [0.4, 0.5) is 0 Å². The minimum absolute atomic E-state index is 0.420. The Kier molecular flexibility index (Phi) is 2.75. The molecule has 90 valence electrons. The Morgan fingerprint density at radius 2 is 1.89 bits per heavy atom. The van der Waals surface area contributed by atoms with E-state index in [-0.39, 0.29) is 0 Å². The lowest BCUT2D eigenvalue weighted by Crippen LogP contribution is -1.82. The fourth-order valence-corrected chi connectivity index (χ4v) is 1.64.